The number of ether oxygens (including phenoxy) is 3. The molecule has 0 bridgehead atoms. The van der Waals surface area contributed by atoms with Gasteiger partial charge in [-0.05, 0) is 69.4 Å². The summed E-state index contributed by atoms with van der Waals surface area (Å²) in [5, 5.41) is 11.3. The molecule has 1 amide bonds. The van der Waals surface area contributed by atoms with Crippen molar-refractivity contribution >= 4 is 17.4 Å². The number of amides is 1. The Morgan fingerprint density at radius 2 is 1.80 bits per heavy atom. The second-order valence-corrected chi connectivity index (χ2v) is 8.93. The second-order valence-electron chi connectivity index (χ2n) is 8.93. The normalized spacial score (nSPS) is 18.9. The number of ketones is 1. The van der Waals surface area contributed by atoms with Crippen molar-refractivity contribution in [1.29, 1.82) is 0 Å². The molecule has 8 heteroatoms. The fourth-order valence-corrected chi connectivity index (χ4v) is 4.33. The minimum Gasteiger partial charge on any atom is -0.507 e. The van der Waals surface area contributed by atoms with Gasteiger partial charge < -0.3 is 29.1 Å². The molecule has 1 atom stereocenters. The number of benzene rings is 2. The first-order valence-electron chi connectivity index (χ1n) is 12.0. The summed E-state index contributed by atoms with van der Waals surface area (Å²) < 4.78 is 16.9. The molecule has 2 aliphatic heterocycles. The van der Waals surface area contributed by atoms with Crippen LogP contribution in [0.4, 0.5) is 0 Å². The maximum atomic E-state index is 13.2. The molecule has 35 heavy (non-hydrogen) atoms. The van der Waals surface area contributed by atoms with Crippen LogP contribution in [0.15, 0.2) is 48.0 Å². The highest BCUT2D eigenvalue weighted by molar-refractivity contribution is 6.46. The summed E-state index contributed by atoms with van der Waals surface area (Å²) in [6, 6.07) is 11.7. The lowest BCUT2D eigenvalue weighted by Gasteiger charge is -2.26. The standard InChI is InChI=1S/C27H32N2O6/c1-4-14-33-20-9-6-18(7-10-20)24-23(26(31)27(32)29(24)13-5-12-28(2)3)25(30)19-8-11-21-22(17-19)35-16-15-34-21/h6-11,17,24,30H,4-5,12-16H2,1-3H3/t24-/m0/s1. The molecule has 0 aromatic heterocycles. The van der Waals surface area contributed by atoms with Crippen molar-refractivity contribution in [3.63, 3.8) is 0 Å². The van der Waals surface area contributed by atoms with Crippen LogP contribution in [0.5, 0.6) is 17.2 Å². The first-order valence-corrected chi connectivity index (χ1v) is 12.0. The number of carbonyl (C=O) groups is 2. The van der Waals surface area contributed by atoms with E-state index < -0.39 is 17.7 Å². The van der Waals surface area contributed by atoms with Crippen LogP contribution >= 0.6 is 0 Å². The van der Waals surface area contributed by atoms with E-state index in [1.54, 1.807) is 23.1 Å². The molecule has 0 saturated carbocycles. The fourth-order valence-electron chi connectivity index (χ4n) is 4.33. The Bertz CT molecular complexity index is 1110. The van der Waals surface area contributed by atoms with Gasteiger partial charge in [-0.2, -0.15) is 0 Å². The van der Waals surface area contributed by atoms with Gasteiger partial charge in [0.1, 0.15) is 24.7 Å². The molecular formula is C27H32N2O6. The third-order valence-electron chi connectivity index (χ3n) is 6.03. The van der Waals surface area contributed by atoms with E-state index in [-0.39, 0.29) is 11.3 Å². The maximum absolute atomic E-state index is 13.2. The summed E-state index contributed by atoms with van der Waals surface area (Å²) >= 11 is 0. The summed E-state index contributed by atoms with van der Waals surface area (Å²) in [6.45, 7) is 4.65. The highest BCUT2D eigenvalue weighted by Crippen LogP contribution is 2.41. The molecule has 0 unspecified atom stereocenters. The highest BCUT2D eigenvalue weighted by Gasteiger charge is 2.45. The summed E-state index contributed by atoms with van der Waals surface area (Å²) in [7, 11) is 3.92. The topological polar surface area (TPSA) is 88.5 Å². The van der Waals surface area contributed by atoms with Gasteiger partial charge in [-0.25, -0.2) is 0 Å². The highest BCUT2D eigenvalue weighted by atomic mass is 16.6. The molecule has 2 aliphatic rings. The van der Waals surface area contributed by atoms with Gasteiger partial charge in [-0.15, -0.1) is 0 Å². The number of aliphatic hydroxyl groups excluding tert-OH is 1. The van der Waals surface area contributed by atoms with Gasteiger partial charge in [0.2, 0.25) is 0 Å². The predicted octanol–water partition coefficient (Wildman–Crippen LogP) is 3.62. The molecule has 1 fully saturated rings. The van der Waals surface area contributed by atoms with Gasteiger partial charge in [0, 0.05) is 12.1 Å². The van der Waals surface area contributed by atoms with E-state index in [9.17, 15) is 14.7 Å². The van der Waals surface area contributed by atoms with Crippen molar-refractivity contribution in [3.8, 4) is 17.2 Å². The minimum atomic E-state index is -0.703. The number of likely N-dealkylation sites (tertiary alicyclic amines) is 1. The van der Waals surface area contributed by atoms with Gasteiger partial charge >= 0.3 is 0 Å². The lowest BCUT2D eigenvalue weighted by molar-refractivity contribution is -0.139. The van der Waals surface area contributed by atoms with E-state index in [4.69, 9.17) is 14.2 Å². The van der Waals surface area contributed by atoms with E-state index >= 15 is 0 Å². The molecule has 2 aromatic carbocycles. The van der Waals surface area contributed by atoms with Gasteiger partial charge in [0.25, 0.3) is 11.7 Å². The number of fused-ring (bicyclic) bond motifs is 1. The van der Waals surface area contributed by atoms with Crippen LogP contribution in [-0.4, -0.2) is 73.6 Å². The third kappa shape index (κ3) is 5.27. The van der Waals surface area contributed by atoms with Gasteiger partial charge in [0.15, 0.2) is 11.5 Å². The lowest BCUT2D eigenvalue weighted by atomic mass is 9.95. The molecule has 0 spiro atoms. The van der Waals surface area contributed by atoms with Crippen LogP contribution in [-0.2, 0) is 9.59 Å². The van der Waals surface area contributed by atoms with E-state index in [0.717, 1.165) is 18.5 Å². The van der Waals surface area contributed by atoms with E-state index in [1.165, 1.54) is 0 Å². The average molecular weight is 481 g/mol. The largest absolute Gasteiger partial charge is 0.507 e. The number of aliphatic hydroxyl groups is 1. The molecule has 2 heterocycles. The Labute approximate surface area is 205 Å². The quantitative estimate of drug-likeness (QED) is 0.333. The fraction of sp³-hybridized carbons (Fsp3) is 0.407. The Hall–Kier alpha value is -3.52. The van der Waals surface area contributed by atoms with Crippen molar-refractivity contribution in [2.24, 2.45) is 0 Å². The van der Waals surface area contributed by atoms with Crippen LogP contribution in [0.1, 0.15) is 36.9 Å². The minimum absolute atomic E-state index is 0.0683. The SMILES string of the molecule is CCCOc1ccc([C@H]2C(=C(O)c3ccc4c(c3)OCCO4)C(=O)C(=O)N2CCCN(C)C)cc1. The Morgan fingerprint density at radius 1 is 1.09 bits per heavy atom. The zero-order valence-electron chi connectivity index (χ0n) is 20.5. The zero-order chi connectivity index (χ0) is 24.9. The average Bonchev–Trinajstić information content (AvgIpc) is 3.12. The van der Waals surface area contributed by atoms with Crippen LogP contribution in [0.25, 0.3) is 5.76 Å². The van der Waals surface area contributed by atoms with Crippen molar-refractivity contribution in [1.82, 2.24) is 9.80 Å². The van der Waals surface area contributed by atoms with Gasteiger partial charge in [-0.1, -0.05) is 19.1 Å². The summed E-state index contributed by atoms with van der Waals surface area (Å²) in [5.41, 5.74) is 1.20. The number of carbonyl (C=O) groups excluding carboxylic acids is 2. The Balaban J connectivity index is 1.74. The number of hydrogen-bond acceptors (Lipinski definition) is 7. The van der Waals surface area contributed by atoms with Crippen LogP contribution in [0.3, 0.4) is 0 Å². The van der Waals surface area contributed by atoms with Crippen LogP contribution in [0.2, 0.25) is 0 Å². The monoisotopic (exact) mass is 480 g/mol. The lowest BCUT2D eigenvalue weighted by Crippen LogP contribution is -2.32. The van der Waals surface area contributed by atoms with Crippen molar-refractivity contribution in [2.75, 3.05) is 47.0 Å². The van der Waals surface area contributed by atoms with Crippen molar-refractivity contribution in [3.05, 3.63) is 59.2 Å². The third-order valence-corrected chi connectivity index (χ3v) is 6.03. The van der Waals surface area contributed by atoms with Crippen molar-refractivity contribution in [2.45, 2.75) is 25.8 Å². The second kappa shape index (κ2) is 10.8. The zero-order valence-corrected chi connectivity index (χ0v) is 20.5. The Kier molecular flexibility index (Phi) is 7.60. The van der Waals surface area contributed by atoms with E-state index in [0.29, 0.717) is 55.6 Å². The molecule has 1 N–H and O–H groups in total. The molecular weight excluding hydrogens is 448 g/mol. The summed E-state index contributed by atoms with van der Waals surface area (Å²) in [5.74, 6) is 0.252. The molecule has 4 rings (SSSR count). The summed E-state index contributed by atoms with van der Waals surface area (Å²) in [4.78, 5) is 29.9. The first kappa shape index (κ1) is 24.6. The molecule has 0 aliphatic carbocycles. The number of rotatable bonds is 9. The van der Waals surface area contributed by atoms with Gasteiger partial charge in [-0.3, -0.25) is 9.59 Å². The molecule has 8 nitrogen and oxygen atoms in total. The smallest absolute Gasteiger partial charge is 0.295 e. The number of Topliss-reactive ketones (excluding diaryl/α,β-unsaturated/α-hetero) is 1. The molecule has 0 radical (unpaired) electrons. The molecule has 186 valence electrons. The van der Waals surface area contributed by atoms with E-state index in [2.05, 4.69) is 0 Å². The van der Waals surface area contributed by atoms with Crippen LogP contribution in [0, 0.1) is 0 Å². The first-order chi connectivity index (χ1) is 16.9. The molecule has 1 saturated heterocycles. The Morgan fingerprint density at radius 3 is 2.49 bits per heavy atom. The number of nitrogens with zero attached hydrogens (tertiary/aromatic N) is 2. The summed E-state index contributed by atoms with van der Waals surface area (Å²) in [6.07, 6.45) is 1.58. The van der Waals surface area contributed by atoms with Crippen LogP contribution < -0.4 is 14.2 Å². The van der Waals surface area contributed by atoms with Crippen molar-refractivity contribution < 1.29 is 28.9 Å². The maximum Gasteiger partial charge on any atom is 0.295 e. The van der Waals surface area contributed by atoms with Gasteiger partial charge in [0.05, 0.1) is 18.2 Å². The van der Waals surface area contributed by atoms with E-state index in [1.807, 2.05) is 50.2 Å². The predicted molar refractivity (Wildman–Crippen MR) is 132 cm³/mol. The number of hydrogen-bond donors (Lipinski definition) is 1. The molecule has 2 aromatic rings.